The van der Waals surface area contributed by atoms with Crippen LogP contribution < -0.4 is 5.90 Å². The summed E-state index contributed by atoms with van der Waals surface area (Å²) >= 11 is 1.46. The van der Waals surface area contributed by atoms with Crippen LogP contribution in [0.2, 0.25) is 0 Å². The maximum atomic E-state index is 11.8. The van der Waals surface area contributed by atoms with E-state index in [1.807, 2.05) is 17.5 Å². The molecule has 1 fully saturated rings. The summed E-state index contributed by atoms with van der Waals surface area (Å²) in [5.74, 6) is 5.16. The Morgan fingerprint density at radius 3 is 3.14 bits per heavy atom. The molecule has 1 aliphatic heterocycles. The summed E-state index contributed by atoms with van der Waals surface area (Å²) in [4.78, 5) is 19.1. The van der Waals surface area contributed by atoms with Crippen molar-refractivity contribution in [3.05, 3.63) is 22.4 Å². The average molecular weight is 212 g/mol. The number of likely N-dealkylation sites (tertiary alicyclic amines) is 1. The molecule has 76 valence electrons. The van der Waals surface area contributed by atoms with Crippen LogP contribution in [0.15, 0.2) is 17.5 Å². The summed E-state index contributed by atoms with van der Waals surface area (Å²) in [6.07, 6.45) is 0.826. The van der Waals surface area contributed by atoms with Crippen molar-refractivity contribution < 1.29 is 9.63 Å². The van der Waals surface area contributed by atoms with Gasteiger partial charge in [-0.15, -0.1) is 11.3 Å². The Bertz CT molecular complexity index is 313. The molecule has 4 nitrogen and oxygen atoms in total. The third-order valence-electron chi connectivity index (χ3n) is 2.36. The van der Waals surface area contributed by atoms with Crippen LogP contribution in [0.3, 0.4) is 0 Å². The molecule has 1 amide bonds. The first kappa shape index (κ1) is 9.64. The molecule has 5 heteroatoms. The number of nitrogens with zero attached hydrogens (tertiary/aromatic N) is 1. The molecule has 0 saturated carbocycles. The standard InChI is InChI=1S/C9H12N2O2S/c10-13-7-3-4-11(6-7)9(12)8-2-1-5-14-8/h1-2,5,7H,3-4,6,10H2. The van der Waals surface area contributed by atoms with Crippen LogP contribution in [-0.2, 0) is 4.84 Å². The normalized spacial score (nSPS) is 21.5. The summed E-state index contributed by atoms with van der Waals surface area (Å²) < 4.78 is 0. The first-order valence-corrected chi connectivity index (χ1v) is 5.37. The van der Waals surface area contributed by atoms with E-state index in [9.17, 15) is 4.79 Å². The SMILES string of the molecule is NOC1CCN(C(=O)c2cccs2)C1. The molecule has 2 rings (SSSR count). The smallest absolute Gasteiger partial charge is 0.264 e. The zero-order chi connectivity index (χ0) is 9.97. The van der Waals surface area contributed by atoms with Gasteiger partial charge >= 0.3 is 0 Å². The molecule has 0 aromatic carbocycles. The van der Waals surface area contributed by atoms with Gasteiger partial charge in [0.25, 0.3) is 5.91 Å². The summed E-state index contributed by atoms with van der Waals surface area (Å²) in [5, 5.41) is 1.90. The fraction of sp³-hybridized carbons (Fsp3) is 0.444. The highest BCUT2D eigenvalue weighted by Crippen LogP contribution is 2.17. The summed E-state index contributed by atoms with van der Waals surface area (Å²) in [5.41, 5.74) is 0. The van der Waals surface area contributed by atoms with Crippen molar-refractivity contribution in [3.63, 3.8) is 0 Å². The molecular weight excluding hydrogens is 200 g/mol. The van der Waals surface area contributed by atoms with Crippen molar-refractivity contribution in [2.75, 3.05) is 13.1 Å². The van der Waals surface area contributed by atoms with Crippen LogP contribution in [0.25, 0.3) is 0 Å². The van der Waals surface area contributed by atoms with Crippen molar-refractivity contribution in [1.82, 2.24) is 4.90 Å². The largest absolute Gasteiger partial charge is 0.335 e. The molecule has 1 aliphatic rings. The van der Waals surface area contributed by atoms with Crippen LogP contribution in [0, 0.1) is 0 Å². The molecule has 0 bridgehead atoms. The average Bonchev–Trinajstić information content (AvgIpc) is 2.88. The highest BCUT2D eigenvalue weighted by Gasteiger charge is 2.27. The molecule has 1 aromatic heterocycles. The minimum atomic E-state index is -0.00101. The van der Waals surface area contributed by atoms with Gasteiger partial charge < -0.3 is 4.90 Å². The number of nitrogens with two attached hydrogens (primary N) is 1. The van der Waals surface area contributed by atoms with E-state index in [0.717, 1.165) is 17.8 Å². The first-order chi connectivity index (χ1) is 6.81. The Morgan fingerprint density at radius 1 is 1.71 bits per heavy atom. The first-order valence-electron chi connectivity index (χ1n) is 4.49. The van der Waals surface area contributed by atoms with Gasteiger partial charge in [0.15, 0.2) is 0 Å². The molecule has 1 unspecified atom stereocenters. The molecule has 2 heterocycles. The van der Waals surface area contributed by atoms with Crippen LogP contribution in [-0.4, -0.2) is 30.0 Å². The van der Waals surface area contributed by atoms with E-state index in [0.29, 0.717) is 6.54 Å². The van der Waals surface area contributed by atoms with Crippen molar-refractivity contribution >= 4 is 17.2 Å². The molecule has 14 heavy (non-hydrogen) atoms. The Balaban J connectivity index is 2.00. The Kier molecular flexibility index (Phi) is 2.81. The predicted molar refractivity (Wildman–Crippen MR) is 53.9 cm³/mol. The number of thiophene rings is 1. The van der Waals surface area contributed by atoms with Gasteiger partial charge in [0, 0.05) is 13.1 Å². The van der Waals surface area contributed by atoms with Crippen molar-refractivity contribution in [2.45, 2.75) is 12.5 Å². The lowest BCUT2D eigenvalue weighted by Gasteiger charge is -2.14. The van der Waals surface area contributed by atoms with Crippen LogP contribution in [0.1, 0.15) is 16.1 Å². The van der Waals surface area contributed by atoms with Crippen molar-refractivity contribution in [2.24, 2.45) is 5.90 Å². The lowest BCUT2D eigenvalue weighted by atomic mass is 10.3. The highest BCUT2D eigenvalue weighted by molar-refractivity contribution is 7.12. The fourth-order valence-electron chi connectivity index (χ4n) is 1.58. The lowest BCUT2D eigenvalue weighted by molar-refractivity contribution is 0.0539. The van der Waals surface area contributed by atoms with Gasteiger partial charge in [0.1, 0.15) is 0 Å². The Hall–Kier alpha value is -0.910. The summed E-state index contributed by atoms with van der Waals surface area (Å²) in [7, 11) is 0. The van der Waals surface area contributed by atoms with Gasteiger partial charge in [-0.3, -0.25) is 9.63 Å². The lowest BCUT2D eigenvalue weighted by Crippen LogP contribution is -2.30. The van der Waals surface area contributed by atoms with Gasteiger partial charge in [-0.2, -0.15) is 0 Å². The zero-order valence-electron chi connectivity index (χ0n) is 7.68. The number of carbonyl (C=O) groups is 1. The molecule has 2 N–H and O–H groups in total. The number of carbonyl (C=O) groups excluding carboxylic acids is 1. The van der Waals surface area contributed by atoms with Crippen LogP contribution >= 0.6 is 11.3 Å². The number of hydrogen-bond acceptors (Lipinski definition) is 4. The van der Waals surface area contributed by atoms with Gasteiger partial charge in [-0.1, -0.05) is 6.07 Å². The van der Waals surface area contributed by atoms with E-state index in [1.165, 1.54) is 11.3 Å². The number of rotatable bonds is 2. The van der Waals surface area contributed by atoms with Crippen LogP contribution in [0.5, 0.6) is 0 Å². The molecular formula is C9H12N2O2S. The van der Waals surface area contributed by atoms with E-state index in [4.69, 9.17) is 10.7 Å². The number of amides is 1. The third-order valence-corrected chi connectivity index (χ3v) is 3.21. The van der Waals surface area contributed by atoms with Crippen LogP contribution in [0.4, 0.5) is 0 Å². The highest BCUT2D eigenvalue weighted by atomic mass is 32.1. The van der Waals surface area contributed by atoms with Gasteiger partial charge in [0.05, 0.1) is 11.0 Å². The Labute approximate surface area is 86.2 Å². The van der Waals surface area contributed by atoms with Gasteiger partial charge in [-0.05, 0) is 17.9 Å². The van der Waals surface area contributed by atoms with Gasteiger partial charge in [0.2, 0.25) is 0 Å². The fourth-order valence-corrected chi connectivity index (χ4v) is 2.27. The maximum Gasteiger partial charge on any atom is 0.264 e. The molecule has 1 atom stereocenters. The minimum absolute atomic E-state index is 0.00101. The monoisotopic (exact) mass is 212 g/mol. The van der Waals surface area contributed by atoms with E-state index in [1.54, 1.807) is 4.90 Å². The molecule has 0 aliphatic carbocycles. The molecule has 0 radical (unpaired) electrons. The van der Waals surface area contributed by atoms with E-state index in [2.05, 4.69) is 0 Å². The number of hydrogen-bond donors (Lipinski definition) is 1. The summed E-state index contributed by atoms with van der Waals surface area (Å²) in [6.45, 7) is 1.34. The predicted octanol–water partition coefficient (Wildman–Crippen LogP) is 0.853. The second-order valence-electron chi connectivity index (χ2n) is 3.28. The topological polar surface area (TPSA) is 55.6 Å². The zero-order valence-corrected chi connectivity index (χ0v) is 8.50. The molecule has 0 spiro atoms. The van der Waals surface area contributed by atoms with Crippen molar-refractivity contribution in [1.29, 1.82) is 0 Å². The minimum Gasteiger partial charge on any atom is -0.335 e. The van der Waals surface area contributed by atoms with E-state index >= 15 is 0 Å². The van der Waals surface area contributed by atoms with E-state index < -0.39 is 0 Å². The second kappa shape index (κ2) is 4.08. The van der Waals surface area contributed by atoms with Crippen molar-refractivity contribution in [3.8, 4) is 0 Å². The maximum absolute atomic E-state index is 11.8. The third kappa shape index (κ3) is 1.79. The van der Waals surface area contributed by atoms with E-state index in [-0.39, 0.29) is 12.0 Å². The molecule has 1 saturated heterocycles. The Morgan fingerprint density at radius 2 is 2.57 bits per heavy atom. The van der Waals surface area contributed by atoms with Gasteiger partial charge in [-0.25, -0.2) is 5.90 Å². The second-order valence-corrected chi connectivity index (χ2v) is 4.22. The quantitative estimate of drug-likeness (QED) is 0.739. The summed E-state index contributed by atoms with van der Waals surface area (Å²) in [6, 6.07) is 3.72. The molecule has 1 aromatic rings.